The second kappa shape index (κ2) is 4.83. The SMILES string of the molecule is CBc1cnc(N2C[C@@H](C)O[C@@H](C)C2)nc1. The molecule has 2 heterocycles. The third kappa shape index (κ3) is 2.53. The standard InChI is InChI=1S/C11H18BN3O/c1-8-6-15(7-9(2)16-8)11-13-4-10(12-3)5-14-11/h4-5,8-9,12H,6-7H2,1-3H3/t8-,9+. The number of hydrogen-bond donors (Lipinski definition) is 0. The van der Waals surface area contributed by atoms with Crippen molar-refractivity contribution in [3.63, 3.8) is 0 Å². The molecule has 0 unspecified atom stereocenters. The minimum Gasteiger partial charge on any atom is -0.372 e. The largest absolute Gasteiger partial charge is 0.372 e. The van der Waals surface area contributed by atoms with Crippen molar-refractivity contribution >= 4 is 18.7 Å². The Hall–Kier alpha value is -1.10. The quantitative estimate of drug-likeness (QED) is 0.666. The molecule has 1 aliphatic rings. The summed E-state index contributed by atoms with van der Waals surface area (Å²) in [6, 6.07) is 0. The fraction of sp³-hybridized carbons (Fsp3) is 0.636. The van der Waals surface area contributed by atoms with Crippen LogP contribution in [0.3, 0.4) is 0 Å². The van der Waals surface area contributed by atoms with Crippen LogP contribution in [-0.4, -0.2) is 42.5 Å². The lowest BCUT2D eigenvalue weighted by Gasteiger charge is -2.35. The minimum absolute atomic E-state index is 0.248. The van der Waals surface area contributed by atoms with E-state index in [1.165, 1.54) is 5.46 Å². The predicted octanol–water partition coefficient (Wildman–Crippen LogP) is 0.200. The molecule has 1 aliphatic heterocycles. The summed E-state index contributed by atoms with van der Waals surface area (Å²) in [6.07, 6.45) is 4.32. The Morgan fingerprint density at radius 1 is 1.25 bits per heavy atom. The summed E-state index contributed by atoms with van der Waals surface area (Å²) in [5.41, 5.74) is 1.18. The topological polar surface area (TPSA) is 38.2 Å². The molecule has 16 heavy (non-hydrogen) atoms. The molecular weight excluding hydrogens is 201 g/mol. The van der Waals surface area contributed by atoms with Gasteiger partial charge in [-0.2, -0.15) is 0 Å². The van der Waals surface area contributed by atoms with Gasteiger partial charge in [0.2, 0.25) is 5.95 Å². The average molecular weight is 219 g/mol. The molecule has 5 heteroatoms. The highest BCUT2D eigenvalue weighted by molar-refractivity contribution is 6.51. The van der Waals surface area contributed by atoms with Crippen molar-refractivity contribution in [2.75, 3.05) is 18.0 Å². The van der Waals surface area contributed by atoms with Crippen LogP contribution in [0.15, 0.2) is 12.4 Å². The highest BCUT2D eigenvalue weighted by Gasteiger charge is 2.23. The third-order valence-electron chi connectivity index (χ3n) is 2.80. The lowest BCUT2D eigenvalue weighted by Crippen LogP contribution is -2.46. The van der Waals surface area contributed by atoms with Gasteiger partial charge >= 0.3 is 0 Å². The van der Waals surface area contributed by atoms with Gasteiger partial charge in [0.15, 0.2) is 7.28 Å². The van der Waals surface area contributed by atoms with Crippen molar-refractivity contribution in [2.45, 2.75) is 32.9 Å². The summed E-state index contributed by atoms with van der Waals surface area (Å²) in [4.78, 5) is 11.0. The van der Waals surface area contributed by atoms with Gasteiger partial charge in [0.1, 0.15) is 0 Å². The molecule has 86 valence electrons. The van der Waals surface area contributed by atoms with E-state index in [1.807, 2.05) is 12.4 Å². The van der Waals surface area contributed by atoms with E-state index in [0.717, 1.165) is 26.3 Å². The molecule has 0 bridgehead atoms. The predicted molar refractivity (Wildman–Crippen MR) is 66.9 cm³/mol. The average Bonchev–Trinajstić information content (AvgIpc) is 2.28. The van der Waals surface area contributed by atoms with Gasteiger partial charge in [-0.05, 0) is 19.3 Å². The molecule has 2 rings (SSSR count). The van der Waals surface area contributed by atoms with E-state index < -0.39 is 0 Å². The van der Waals surface area contributed by atoms with E-state index in [2.05, 4.69) is 35.5 Å². The van der Waals surface area contributed by atoms with E-state index >= 15 is 0 Å². The van der Waals surface area contributed by atoms with E-state index in [1.54, 1.807) is 0 Å². The van der Waals surface area contributed by atoms with Crippen LogP contribution in [0.5, 0.6) is 0 Å². The molecule has 0 saturated carbocycles. The highest BCUT2D eigenvalue weighted by Crippen LogP contribution is 2.14. The van der Waals surface area contributed by atoms with Crippen molar-refractivity contribution in [2.24, 2.45) is 0 Å². The van der Waals surface area contributed by atoms with Gasteiger partial charge in [0.25, 0.3) is 0 Å². The Bertz CT molecular complexity index is 334. The molecule has 1 fully saturated rings. The zero-order valence-corrected chi connectivity index (χ0v) is 10.2. The van der Waals surface area contributed by atoms with Crippen LogP contribution in [0.25, 0.3) is 0 Å². The fourth-order valence-electron chi connectivity index (χ4n) is 2.04. The van der Waals surface area contributed by atoms with E-state index in [0.29, 0.717) is 0 Å². The van der Waals surface area contributed by atoms with Crippen LogP contribution in [0.2, 0.25) is 6.82 Å². The third-order valence-corrected chi connectivity index (χ3v) is 2.80. The summed E-state index contributed by atoms with van der Waals surface area (Å²) < 4.78 is 5.69. The summed E-state index contributed by atoms with van der Waals surface area (Å²) in [5.74, 6) is 0.819. The number of rotatable bonds is 2. The van der Waals surface area contributed by atoms with Crippen molar-refractivity contribution < 1.29 is 4.74 Å². The number of anilines is 1. The van der Waals surface area contributed by atoms with Crippen molar-refractivity contribution in [3.05, 3.63) is 12.4 Å². The molecule has 1 saturated heterocycles. The number of hydrogen-bond acceptors (Lipinski definition) is 4. The van der Waals surface area contributed by atoms with Crippen molar-refractivity contribution in [1.82, 2.24) is 9.97 Å². The lowest BCUT2D eigenvalue weighted by molar-refractivity contribution is -0.00571. The second-order valence-corrected chi connectivity index (χ2v) is 4.41. The Labute approximate surface area is 97.3 Å². The zero-order valence-electron chi connectivity index (χ0n) is 10.2. The first-order valence-corrected chi connectivity index (χ1v) is 5.90. The molecule has 4 nitrogen and oxygen atoms in total. The Morgan fingerprint density at radius 2 is 1.81 bits per heavy atom. The molecule has 0 aliphatic carbocycles. The maximum atomic E-state index is 5.69. The molecule has 2 atom stereocenters. The first-order valence-electron chi connectivity index (χ1n) is 5.90. The van der Waals surface area contributed by atoms with Crippen LogP contribution in [-0.2, 0) is 4.74 Å². The van der Waals surface area contributed by atoms with Crippen molar-refractivity contribution in [3.8, 4) is 0 Å². The van der Waals surface area contributed by atoms with E-state index in [-0.39, 0.29) is 12.2 Å². The van der Waals surface area contributed by atoms with Crippen LogP contribution < -0.4 is 10.4 Å². The monoisotopic (exact) mass is 219 g/mol. The maximum Gasteiger partial charge on any atom is 0.225 e. The lowest BCUT2D eigenvalue weighted by atomic mass is 9.75. The molecule has 0 N–H and O–H groups in total. The number of nitrogens with zero attached hydrogens (tertiary/aromatic N) is 3. The number of ether oxygens (including phenoxy) is 1. The number of aromatic nitrogens is 2. The molecule has 1 aromatic heterocycles. The van der Waals surface area contributed by atoms with Gasteiger partial charge in [0.05, 0.1) is 12.2 Å². The molecule has 1 aromatic rings. The van der Waals surface area contributed by atoms with Crippen molar-refractivity contribution in [1.29, 1.82) is 0 Å². The van der Waals surface area contributed by atoms with Crippen LogP contribution >= 0.6 is 0 Å². The fourth-order valence-corrected chi connectivity index (χ4v) is 2.04. The summed E-state index contributed by atoms with van der Waals surface area (Å²) in [6.45, 7) is 8.02. The van der Waals surface area contributed by atoms with Gasteiger partial charge in [-0.15, -0.1) is 0 Å². The molecular formula is C11H18BN3O. The Kier molecular flexibility index (Phi) is 3.44. The smallest absolute Gasteiger partial charge is 0.225 e. The maximum absolute atomic E-state index is 5.69. The molecule has 0 aromatic carbocycles. The van der Waals surface area contributed by atoms with Gasteiger partial charge in [0, 0.05) is 25.5 Å². The molecule has 0 radical (unpaired) electrons. The number of morpholine rings is 1. The van der Waals surface area contributed by atoms with Gasteiger partial charge < -0.3 is 9.64 Å². The summed E-state index contributed by atoms with van der Waals surface area (Å²) >= 11 is 0. The first-order chi connectivity index (χ1) is 7.69. The normalized spacial score (nSPS) is 25.6. The van der Waals surface area contributed by atoms with Gasteiger partial charge in [-0.1, -0.05) is 6.82 Å². The second-order valence-electron chi connectivity index (χ2n) is 4.41. The Morgan fingerprint density at radius 3 is 2.31 bits per heavy atom. The molecule has 0 spiro atoms. The van der Waals surface area contributed by atoms with Gasteiger partial charge in [-0.3, -0.25) is 0 Å². The van der Waals surface area contributed by atoms with Crippen LogP contribution in [0, 0.1) is 0 Å². The summed E-state index contributed by atoms with van der Waals surface area (Å²) in [7, 11) is 0.982. The van der Waals surface area contributed by atoms with Gasteiger partial charge in [-0.25, -0.2) is 9.97 Å². The zero-order chi connectivity index (χ0) is 11.5. The first kappa shape index (κ1) is 11.4. The molecule has 0 amide bonds. The highest BCUT2D eigenvalue weighted by atomic mass is 16.5. The Balaban J connectivity index is 2.10. The van der Waals surface area contributed by atoms with Crippen LogP contribution in [0.4, 0.5) is 5.95 Å². The minimum atomic E-state index is 0.248. The van der Waals surface area contributed by atoms with Crippen LogP contribution in [0.1, 0.15) is 13.8 Å². The van der Waals surface area contributed by atoms with E-state index in [9.17, 15) is 0 Å². The van der Waals surface area contributed by atoms with E-state index in [4.69, 9.17) is 4.74 Å². The summed E-state index contributed by atoms with van der Waals surface area (Å²) in [5, 5.41) is 0.